The molecule has 1 heterocycles. The van der Waals surface area contributed by atoms with E-state index in [1.54, 1.807) is 0 Å². The van der Waals surface area contributed by atoms with Gasteiger partial charge < -0.3 is 4.74 Å². The first kappa shape index (κ1) is 13.8. The Labute approximate surface area is 101 Å². The molecule has 0 atom stereocenters. The Kier molecular flexibility index (Phi) is 4.74. The molecule has 0 aliphatic rings. The molecule has 0 saturated carbocycles. The minimum Gasteiger partial charge on any atom is -0.462 e. The van der Waals surface area contributed by atoms with Crippen molar-refractivity contribution in [1.82, 2.24) is 4.98 Å². The van der Waals surface area contributed by atoms with Crippen LogP contribution >= 0.6 is 11.6 Å². The number of esters is 1. The number of hydrogen-bond donors (Lipinski definition) is 0. The monoisotopic (exact) mass is 267 g/mol. The minimum absolute atomic E-state index is 0.0434. The third kappa shape index (κ3) is 3.09. The van der Waals surface area contributed by atoms with Gasteiger partial charge in [0.15, 0.2) is 0 Å². The molecule has 0 saturated heterocycles. The number of rotatable bonds is 4. The SMILES string of the molecule is CCOC(=O)c1c(F)cc(CCl)nc1C(F)F. The molecule has 94 valence electrons. The Morgan fingerprint density at radius 3 is 2.71 bits per heavy atom. The molecule has 0 aliphatic heterocycles. The molecular formula is C10H9ClF3NO2. The van der Waals surface area contributed by atoms with Crippen LogP contribution in [0.3, 0.4) is 0 Å². The fourth-order valence-corrected chi connectivity index (χ4v) is 1.35. The topological polar surface area (TPSA) is 39.2 Å². The van der Waals surface area contributed by atoms with Gasteiger partial charge in [-0.1, -0.05) is 0 Å². The van der Waals surface area contributed by atoms with Crippen molar-refractivity contribution in [3.05, 3.63) is 28.8 Å². The summed E-state index contributed by atoms with van der Waals surface area (Å²) < 4.78 is 43.3. The van der Waals surface area contributed by atoms with Crippen molar-refractivity contribution in [3.8, 4) is 0 Å². The fourth-order valence-electron chi connectivity index (χ4n) is 1.22. The van der Waals surface area contributed by atoms with Crippen LogP contribution in [0.25, 0.3) is 0 Å². The number of aromatic nitrogens is 1. The highest BCUT2D eigenvalue weighted by Crippen LogP contribution is 2.25. The van der Waals surface area contributed by atoms with Gasteiger partial charge in [-0.15, -0.1) is 11.6 Å². The van der Waals surface area contributed by atoms with Crippen LogP contribution in [0.1, 0.15) is 35.1 Å². The molecule has 0 amide bonds. The smallest absolute Gasteiger partial charge is 0.343 e. The van der Waals surface area contributed by atoms with Crippen LogP contribution in [-0.2, 0) is 10.6 Å². The van der Waals surface area contributed by atoms with E-state index in [9.17, 15) is 18.0 Å². The summed E-state index contributed by atoms with van der Waals surface area (Å²) in [5.41, 5.74) is -1.85. The molecule has 17 heavy (non-hydrogen) atoms. The largest absolute Gasteiger partial charge is 0.462 e. The summed E-state index contributed by atoms with van der Waals surface area (Å²) in [5.74, 6) is -2.49. The Bertz CT molecular complexity index is 426. The molecule has 0 aliphatic carbocycles. The number of nitrogens with zero attached hydrogens (tertiary/aromatic N) is 1. The normalized spacial score (nSPS) is 10.7. The molecule has 7 heteroatoms. The molecule has 0 N–H and O–H groups in total. The molecule has 0 unspecified atom stereocenters. The Hall–Kier alpha value is -1.30. The van der Waals surface area contributed by atoms with E-state index in [0.29, 0.717) is 0 Å². The summed E-state index contributed by atoms with van der Waals surface area (Å²) in [7, 11) is 0. The number of halogens is 4. The number of hydrogen-bond acceptors (Lipinski definition) is 3. The number of ether oxygens (including phenoxy) is 1. The minimum atomic E-state index is -3.08. The molecule has 1 rings (SSSR count). The molecule has 0 fully saturated rings. The maximum atomic E-state index is 13.5. The van der Waals surface area contributed by atoms with Gasteiger partial charge in [-0.3, -0.25) is 0 Å². The molecule has 0 radical (unpaired) electrons. The standard InChI is InChI=1S/C10H9ClF3NO2/c1-2-17-10(16)7-6(12)3-5(4-11)15-8(7)9(13)14/h3,9H,2,4H2,1H3. The van der Waals surface area contributed by atoms with Gasteiger partial charge in [0, 0.05) is 0 Å². The maximum Gasteiger partial charge on any atom is 0.343 e. The fraction of sp³-hybridized carbons (Fsp3) is 0.400. The van der Waals surface area contributed by atoms with Crippen molar-refractivity contribution in [2.45, 2.75) is 19.2 Å². The molecule has 1 aromatic heterocycles. The maximum absolute atomic E-state index is 13.5. The van der Waals surface area contributed by atoms with E-state index in [-0.39, 0.29) is 18.2 Å². The van der Waals surface area contributed by atoms with E-state index in [1.807, 2.05) is 0 Å². The predicted octanol–water partition coefficient (Wildman–Crippen LogP) is 3.07. The molecule has 0 spiro atoms. The Morgan fingerprint density at radius 1 is 1.59 bits per heavy atom. The van der Waals surface area contributed by atoms with Gasteiger partial charge in [0.1, 0.15) is 17.1 Å². The first-order valence-corrected chi connectivity index (χ1v) is 5.25. The highest BCUT2D eigenvalue weighted by atomic mass is 35.5. The van der Waals surface area contributed by atoms with E-state index < -0.39 is 29.5 Å². The van der Waals surface area contributed by atoms with Crippen molar-refractivity contribution in [2.24, 2.45) is 0 Å². The van der Waals surface area contributed by atoms with E-state index in [1.165, 1.54) is 6.92 Å². The molecule has 0 bridgehead atoms. The van der Waals surface area contributed by atoms with E-state index >= 15 is 0 Å². The third-order valence-electron chi connectivity index (χ3n) is 1.88. The third-order valence-corrected chi connectivity index (χ3v) is 2.15. The van der Waals surface area contributed by atoms with Crippen molar-refractivity contribution in [2.75, 3.05) is 6.61 Å². The van der Waals surface area contributed by atoms with Gasteiger partial charge in [0.2, 0.25) is 0 Å². The lowest BCUT2D eigenvalue weighted by Gasteiger charge is -2.09. The van der Waals surface area contributed by atoms with E-state index in [2.05, 4.69) is 9.72 Å². The van der Waals surface area contributed by atoms with Gasteiger partial charge in [0.25, 0.3) is 6.43 Å². The van der Waals surface area contributed by atoms with Gasteiger partial charge >= 0.3 is 5.97 Å². The van der Waals surface area contributed by atoms with Crippen LogP contribution in [0, 0.1) is 5.82 Å². The zero-order valence-corrected chi connectivity index (χ0v) is 9.60. The predicted molar refractivity (Wildman–Crippen MR) is 54.7 cm³/mol. The zero-order valence-electron chi connectivity index (χ0n) is 8.84. The summed E-state index contributed by atoms with van der Waals surface area (Å²) in [5, 5.41) is 0. The van der Waals surface area contributed by atoms with Crippen LogP contribution in [0.5, 0.6) is 0 Å². The second-order valence-corrected chi connectivity index (χ2v) is 3.28. The van der Waals surface area contributed by atoms with Gasteiger partial charge in [-0.05, 0) is 13.0 Å². The highest BCUT2D eigenvalue weighted by molar-refractivity contribution is 6.16. The summed E-state index contributed by atoms with van der Waals surface area (Å²) in [6.45, 7) is 1.44. The zero-order chi connectivity index (χ0) is 13.0. The van der Waals surface area contributed by atoms with Gasteiger partial charge in [-0.2, -0.15) is 0 Å². The molecule has 3 nitrogen and oxygen atoms in total. The first-order chi connectivity index (χ1) is 8.01. The number of alkyl halides is 3. The van der Waals surface area contributed by atoms with Crippen molar-refractivity contribution in [3.63, 3.8) is 0 Å². The Balaban J connectivity index is 3.31. The van der Waals surface area contributed by atoms with E-state index in [0.717, 1.165) is 6.07 Å². The average Bonchev–Trinajstić information content (AvgIpc) is 2.27. The number of carbonyl (C=O) groups is 1. The summed E-state index contributed by atoms with van der Waals surface area (Å²) in [6, 6.07) is 0.838. The van der Waals surface area contributed by atoms with Crippen LogP contribution in [0.2, 0.25) is 0 Å². The average molecular weight is 268 g/mol. The molecule has 1 aromatic rings. The van der Waals surface area contributed by atoms with Crippen molar-refractivity contribution >= 4 is 17.6 Å². The lowest BCUT2D eigenvalue weighted by atomic mass is 10.1. The van der Waals surface area contributed by atoms with E-state index in [4.69, 9.17) is 11.6 Å². The van der Waals surface area contributed by atoms with Crippen molar-refractivity contribution in [1.29, 1.82) is 0 Å². The van der Waals surface area contributed by atoms with Crippen LogP contribution in [-0.4, -0.2) is 17.6 Å². The quantitative estimate of drug-likeness (QED) is 0.622. The van der Waals surface area contributed by atoms with Gasteiger partial charge in [-0.25, -0.2) is 22.9 Å². The highest BCUT2D eigenvalue weighted by Gasteiger charge is 2.26. The summed E-state index contributed by atoms with van der Waals surface area (Å²) in [6.07, 6.45) is -3.08. The van der Waals surface area contributed by atoms with Gasteiger partial charge in [0.05, 0.1) is 18.2 Å². The molecule has 0 aromatic carbocycles. The number of pyridine rings is 1. The summed E-state index contributed by atoms with van der Waals surface area (Å²) in [4.78, 5) is 14.8. The first-order valence-electron chi connectivity index (χ1n) is 4.71. The lowest BCUT2D eigenvalue weighted by Crippen LogP contribution is -2.14. The Morgan fingerprint density at radius 2 is 2.24 bits per heavy atom. The van der Waals surface area contributed by atoms with Crippen LogP contribution in [0.15, 0.2) is 6.07 Å². The van der Waals surface area contributed by atoms with Crippen LogP contribution in [0.4, 0.5) is 13.2 Å². The van der Waals surface area contributed by atoms with Crippen LogP contribution < -0.4 is 0 Å². The second-order valence-electron chi connectivity index (χ2n) is 3.01. The second kappa shape index (κ2) is 5.86. The van der Waals surface area contributed by atoms with Crippen molar-refractivity contribution < 1.29 is 22.7 Å². The number of carbonyl (C=O) groups excluding carboxylic acids is 1. The lowest BCUT2D eigenvalue weighted by molar-refractivity contribution is 0.0507. The summed E-state index contributed by atoms with van der Waals surface area (Å²) >= 11 is 5.38. The molecular weight excluding hydrogens is 259 g/mol.